The summed E-state index contributed by atoms with van der Waals surface area (Å²) in [6.07, 6.45) is -0.601. The molecule has 19 heavy (non-hydrogen) atoms. The van der Waals surface area contributed by atoms with Gasteiger partial charge in [-0.2, -0.15) is 0 Å². The Morgan fingerprint density at radius 1 is 1.42 bits per heavy atom. The minimum atomic E-state index is -0.862. The third-order valence-corrected chi connectivity index (χ3v) is 3.05. The van der Waals surface area contributed by atoms with Gasteiger partial charge in [0.05, 0.1) is 18.2 Å². The van der Waals surface area contributed by atoms with E-state index in [1.165, 1.54) is 4.90 Å². The van der Waals surface area contributed by atoms with Crippen molar-refractivity contribution in [2.24, 2.45) is 0 Å². The molecule has 1 N–H and O–H groups in total. The third-order valence-electron chi connectivity index (χ3n) is 3.05. The largest absolute Gasteiger partial charge is 0.481 e. The number of hydrogen-bond acceptors (Lipinski definition) is 3. The Labute approximate surface area is 111 Å². The zero-order valence-corrected chi connectivity index (χ0v) is 11.0. The topological polar surface area (TPSA) is 66.8 Å². The van der Waals surface area contributed by atoms with Crippen LogP contribution < -0.4 is 4.90 Å². The number of ether oxygens (including phenoxy) is 1. The zero-order valence-electron chi connectivity index (χ0n) is 11.0. The molecule has 0 aromatic heterocycles. The summed E-state index contributed by atoms with van der Waals surface area (Å²) in [6.45, 7) is 3.93. The van der Waals surface area contributed by atoms with E-state index >= 15 is 0 Å². The van der Waals surface area contributed by atoms with E-state index in [0.717, 1.165) is 11.3 Å². The summed E-state index contributed by atoms with van der Waals surface area (Å²) in [5.74, 6) is -1.03. The molecule has 0 radical (unpaired) electrons. The van der Waals surface area contributed by atoms with Crippen molar-refractivity contribution in [2.75, 3.05) is 11.4 Å². The Balaban J connectivity index is 2.24. The Hall–Kier alpha value is -2.04. The normalized spacial score (nSPS) is 17.4. The van der Waals surface area contributed by atoms with Crippen molar-refractivity contribution >= 4 is 17.7 Å². The molecule has 0 saturated carbocycles. The molecule has 5 nitrogen and oxygen atoms in total. The number of carboxylic acid groups (broad SMARTS) is 1. The number of carboxylic acids is 1. The third kappa shape index (κ3) is 2.86. The maximum absolute atomic E-state index is 12.0. The number of fused-ring (bicyclic) bond motifs is 1. The first-order valence-electron chi connectivity index (χ1n) is 6.28. The van der Waals surface area contributed by atoms with Crippen molar-refractivity contribution in [2.45, 2.75) is 32.3 Å². The monoisotopic (exact) mass is 263 g/mol. The van der Waals surface area contributed by atoms with Crippen LogP contribution in [-0.4, -0.2) is 29.8 Å². The first-order valence-corrected chi connectivity index (χ1v) is 6.28. The van der Waals surface area contributed by atoms with Crippen LogP contribution >= 0.6 is 0 Å². The lowest BCUT2D eigenvalue weighted by Gasteiger charge is -2.19. The molecule has 0 fully saturated rings. The number of rotatable bonds is 3. The van der Waals surface area contributed by atoms with Crippen molar-refractivity contribution in [1.29, 1.82) is 0 Å². The second-order valence-electron chi connectivity index (χ2n) is 4.90. The lowest BCUT2D eigenvalue weighted by molar-refractivity contribution is -0.137. The van der Waals surface area contributed by atoms with E-state index < -0.39 is 12.1 Å². The van der Waals surface area contributed by atoms with Gasteiger partial charge in [-0.25, -0.2) is 4.79 Å². The maximum atomic E-state index is 12.0. The maximum Gasteiger partial charge on any atom is 0.414 e. The van der Waals surface area contributed by atoms with E-state index in [-0.39, 0.29) is 18.4 Å². The summed E-state index contributed by atoms with van der Waals surface area (Å²) in [6, 6.07) is 7.37. The average Bonchev–Trinajstić information content (AvgIpc) is 2.67. The molecule has 0 aliphatic carbocycles. The molecule has 5 heteroatoms. The van der Waals surface area contributed by atoms with Crippen LogP contribution in [0, 0.1) is 0 Å². The Bertz CT molecular complexity index is 498. The number of carbonyl (C=O) groups excluding carboxylic acids is 1. The number of anilines is 1. The summed E-state index contributed by atoms with van der Waals surface area (Å²) in [5.41, 5.74) is 1.64. The van der Waals surface area contributed by atoms with Gasteiger partial charge < -0.3 is 9.84 Å². The smallest absolute Gasteiger partial charge is 0.414 e. The minimum absolute atomic E-state index is 0.0163. The highest BCUT2D eigenvalue weighted by Gasteiger charge is 2.34. The number of carbonyl (C=O) groups is 2. The van der Waals surface area contributed by atoms with Gasteiger partial charge in [0.2, 0.25) is 0 Å². The molecular formula is C14H17NO4. The van der Waals surface area contributed by atoms with Gasteiger partial charge in [0.25, 0.3) is 0 Å². The standard InChI is InChI=1S/C14H17NO4/c1-9(2)19-14(18)15-8-10(7-13(16)17)11-5-3-4-6-12(11)15/h3-6,9-10H,7-8H2,1-2H3,(H,16,17). The molecule has 0 saturated heterocycles. The molecule has 1 aromatic rings. The van der Waals surface area contributed by atoms with Crippen LogP contribution in [0.25, 0.3) is 0 Å². The first kappa shape index (κ1) is 13.4. The number of aliphatic carboxylic acids is 1. The molecule has 1 aliphatic rings. The molecule has 0 bridgehead atoms. The summed E-state index contributed by atoms with van der Waals surface area (Å²) in [7, 11) is 0. The predicted octanol–water partition coefficient (Wildman–Crippen LogP) is 2.61. The highest BCUT2D eigenvalue weighted by molar-refractivity contribution is 5.91. The molecule has 1 aliphatic heterocycles. The van der Waals surface area contributed by atoms with Crippen LogP contribution in [0.3, 0.4) is 0 Å². The molecule has 1 heterocycles. The van der Waals surface area contributed by atoms with Crippen LogP contribution in [0.4, 0.5) is 10.5 Å². The van der Waals surface area contributed by atoms with Crippen molar-refractivity contribution in [3.63, 3.8) is 0 Å². The van der Waals surface area contributed by atoms with E-state index in [9.17, 15) is 9.59 Å². The van der Waals surface area contributed by atoms with Crippen LogP contribution in [0.5, 0.6) is 0 Å². The van der Waals surface area contributed by atoms with Crippen molar-refractivity contribution in [3.8, 4) is 0 Å². The van der Waals surface area contributed by atoms with Crippen molar-refractivity contribution < 1.29 is 19.4 Å². The van der Waals surface area contributed by atoms with Gasteiger partial charge in [-0.15, -0.1) is 0 Å². The van der Waals surface area contributed by atoms with Crippen LogP contribution in [0.2, 0.25) is 0 Å². The van der Waals surface area contributed by atoms with Gasteiger partial charge in [0, 0.05) is 12.5 Å². The van der Waals surface area contributed by atoms with E-state index in [4.69, 9.17) is 9.84 Å². The fourth-order valence-corrected chi connectivity index (χ4v) is 2.32. The fraction of sp³-hybridized carbons (Fsp3) is 0.429. The fourth-order valence-electron chi connectivity index (χ4n) is 2.32. The number of benzene rings is 1. The predicted molar refractivity (Wildman–Crippen MR) is 70.4 cm³/mol. The van der Waals surface area contributed by atoms with E-state index in [2.05, 4.69) is 0 Å². The molecule has 1 atom stereocenters. The van der Waals surface area contributed by atoms with Crippen molar-refractivity contribution in [3.05, 3.63) is 29.8 Å². The Kier molecular flexibility index (Phi) is 3.74. The number of hydrogen-bond donors (Lipinski definition) is 1. The van der Waals surface area contributed by atoms with Crippen molar-refractivity contribution in [1.82, 2.24) is 0 Å². The van der Waals surface area contributed by atoms with Gasteiger partial charge in [-0.3, -0.25) is 9.69 Å². The lowest BCUT2D eigenvalue weighted by Crippen LogP contribution is -2.32. The first-order chi connectivity index (χ1) is 8.99. The van der Waals surface area contributed by atoms with Gasteiger partial charge in [0.15, 0.2) is 0 Å². The second-order valence-corrected chi connectivity index (χ2v) is 4.90. The highest BCUT2D eigenvalue weighted by atomic mass is 16.6. The molecule has 0 spiro atoms. The van der Waals surface area contributed by atoms with E-state index in [0.29, 0.717) is 6.54 Å². The summed E-state index contributed by atoms with van der Waals surface area (Å²) >= 11 is 0. The second kappa shape index (κ2) is 5.30. The zero-order chi connectivity index (χ0) is 14.0. The lowest BCUT2D eigenvalue weighted by atomic mass is 9.98. The van der Waals surface area contributed by atoms with Crippen LogP contribution in [0.1, 0.15) is 31.7 Å². The van der Waals surface area contributed by atoms with Gasteiger partial charge in [-0.05, 0) is 25.5 Å². The Morgan fingerprint density at radius 2 is 2.11 bits per heavy atom. The molecule has 1 amide bonds. The quantitative estimate of drug-likeness (QED) is 0.910. The average molecular weight is 263 g/mol. The number of nitrogens with zero attached hydrogens (tertiary/aromatic N) is 1. The number of para-hydroxylation sites is 1. The van der Waals surface area contributed by atoms with Crippen LogP contribution in [-0.2, 0) is 9.53 Å². The summed E-state index contributed by atoms with van der Waals surface area (Å²) < 4.78 is 5.18. The molecule has 1 aromatic carbocycles. The van der Waals surface area contributed by atoms with E-state index in [1.54, 1.807) is 13.8 Å². The number of amides is 1. The van der Waals surface area contributed by atoms with Gasteiger partial charge in [-0.1, -0.05) is 18.2 Å². The summed E-state index contributed by atoms with van der Waals surface area (Å²) in [5, 5.41) is 8.94. The molecule has 2 rings (SSSR count). The Morgan fingerprint density at radius 3 is 2.74 bits per heavy atom. The van der Waals surface area contributed by atoms with Gasteiger partial charge >= 0.3 is 12.1 Å². The highest BCUT2D eigenvalue weighted by Crippen LogP contribution is 2.38. The van der Waals surface area contributed by atoms with Gasteiger partial charge in [0.1, 0.15) is 0 Å². The van der Waals surface area contributed by atoms with Crippen LogP contribution in [0.15, 0.2) is 24.3 Å². The van der Waals surface area contributed by atoms with E-state index in [1.807, 2.05) is 24.3 Å². The minimum Gasteiger partial charge on any atom is -0.481 e. The molecule has 102 valence electrons. The molecular weight excluding hydrogens is 246 g/mol. The summed E-state index contributed by atoms with van der Waals surface area (Å²) in [4.78, 5) is 24.4. The molecule has 1 unspecified atom stereocenters. The SMILES string of the molecule is CC(C)OC(=O)N1CC(CC(=O)O)c2ccccc21.